The highest BCUT2D eigenvalue weighted by Crippen LogP contribution is 2.34. The number of nitrogens with zero attached hydrogens (tertiary/aromatic N) is 1. The molecule has 1 aromatic heterocycles. The smallest absolute Gasteiger partial charge is 0.136 e. The summed E-state index contributed by atoms with van der Waals surface area (Å²) in [5.74, 6) is 1.68. The highest BCUT2D eigenvalue weighted by molar-refractivity contribution is 5.96. The fourth-order valence-corrected chi connectivity index (χ4v) is 3.02. The van der Waals surface area contributed by atoms with Gasteiger partial charge in [-0.1, -0.05) is 6.07 Å². The van der Waals surface area contributed by atoms with Crippen LogP contribution in [0.4, 0.5) is 5.69 Å². The molecular weight excluding hydrogens is 260 g/mol. The van der Waals surface area contributed by atoms with Crippen LogP contribution in [0.2, 0.25) is 0 Å². The van der Waals surface area contributed by atoms with Gasteiger partial charge in [-0.15, -0.1) is 0 Å². The van der Waals surface area contributed by atoms with E-state index in [9.17, 15) is 0 Å². The maximum atomic E-state index is 6.08. The van der Waals surface area contributed by atoms with E-state index in [0.717, 1.165) is 34.4 Å². The van der Waals surface area contributed by atoms with Crippen molar-refractivity contribution in [2.45, 2.75) is 19.3 Å². The molecule has 0 amide bonds. The molecule has 0 saturated carbocycles. The fourth-order valence-electron chi connectivity index (χ4n) is 3.02. The molecule has 1 heterocycles. The van der Waals surface area contributed by atoms with Crippen molar-refractivity contribution in [2.75, 3.05) is 5.73 Å². The Kier molecular flexibility index (Phi) is 2.78. The number of hydrogen-bond donors (Lipinski definition) is 1. The number of pyridine rings is 1. The van der Waals surface area contributed by atoms with Crippen LogP contribution < -0.4 is 10.5 Å². The van der Waals surface area contributed by atoms with Gasteiger partial charge in [0, 0.05) is 28.9 Å². The number of benzene rings is 2. The zero-order chi connectivity index (χ0) is 14.2. The molecular formula is C18H16N2O. The quantitative estimate of drug-likeness (QED) is 0.717. The van der Waals surface area contributed by atoms with Crippen LogP contribution in [0, 0.1) is 0 Å². The third-order valence-electron chi connectivity index (χ3n) is 4.11. The molecule has 1 aliphatic carbocycles. The summed E-state index contributed by atoms with van der Waals surface area (Å²) in [6.45, 7) is 0. The van der Waals surface area contributed by atoms with Crippen molar-refractivity contribution in [2.24, 2.45) is 0 Å². The van der Waals surface area contributed by atoms with Crippen LogP contribution in [0.15, 0.2) is 48.8 Å². The summed E-state index contributed by atoms with van der Waals surface area (Å²) >= 11 is 0. The molecule has 0 spiro atoms. The fraction of sp³-hybridized carbons (Fsp3) is 0.167. The lowest BCUT2D eigenvalue weighted by atomic mass is 10.1. The molecule has 3 heteroatoms. The number of aromatic nitrogens is 1. The van der Waals surface area contributed by atoms with E-state index in [1.807, 2.05) is 24.3 Å². The second-order valence-corrected chi connectivity index (χ2v) is 5.46. The first-order chi connectivity index (χ1) is 10.3. The van der Waals surface area contributed by atoms with Gasteiger partial charge in [0.05, 0.1) is 0 Å². The number of anilines is 1. The number of hydrogen-bond acceptors (Lipinski definition) is 3. The van der Waals surface area contributed by atoms with E-state index in [4.69, 9.17) is 10.5 Å². The molecule has 2 aromatic carbocycles. The lowest BCUT2D eigenvalue weighted by molar-refractivity contribution is 0.487. The second-order valence-electron chi connectivity index (χ2n) is 5.46. The number of fused-ring (bicyclic) bond motifs is 2. The maximum Gasteiger partial charge on any atom is 0.136 e. The summed E-state index contributed by atoms with van der Waals surface area (Å²) < 4.78 is 6.08. The van der Waals surface area contributed by atoms with Crippen molar-refractivity contribution < 1.29 is 4.74 Å². The summed E-state index contributed by atoms with van der Waals surface area (Å²) in [6.07, 6.45) is 7.13. The van der Waals surface area contributed by atoms with Gasteiger partial charge in [0.15, 0.2) is 0 Å². The van der Waals surface area contributed by atoms with Crippen molar-refractivity contribution in [3.63, 3.8) is 0 Å². The first-order valence-electron chi connectivity index (χ1n) is 7.23. The van der Waals surface area contributed by atoms with Gasteiger partial charge in [-0.05, 0) is 60.7 Å². The Morgan fingerprint density at radius 2 is 1.86 bits per heavy atom. The Morgan fingerprint density at radius 3 is 2.81 bits per heavy atom. The summed E-state index contributed by atoms with van der Waals surface area (Å²) in [5, 5.41) is 1.92. The van der Waals surface area contributed by atoms with Crippen molar-refractivity contribution >= 4 is 16.5 Å². The van der Waals surface area contributed by atoms with Crippen LogP contribution in [0.1, 0.15) is 17.5 Å². The van der Waals surface area contributed by atoms with Crippen LogP contribution in [0.3, 0.4) is 0 Å². The molecule has 0 aliphatic heterocycles. The molecule has 3 nitrogen and oxygen atoms in total. The van der Waals surface area contributed by atoms with Gasteiger partial charge in [-0.25, -0.2) is 0 Å². The SMILES string of the molecule is Nc1ccc(Oc2ccc3c(c2)CCC3)c2cnccc12. The van der Waals surface area contributed by atoms with E-state index in [0.29, 0.717) is 0 Å². The molecule has 1 aliphatic rings. The average Bonchev–Trinajstić information content (AvgIpc) is 2.98. The monoisotopic (exact) mass is 276 g/mol. The standard InChI is InChI=1S/C18H16N2O/c19-17-6-7-18(16-11-20-9-8-15(16)17)21-14-5-4-12-2-1-3-13(12)10-14/h4-11H,1-3,19H2. The number of nitrogen functional groups attached to an aromatic ring is 1. The molecule has 4 rings (SSSR count). The third kappa shape index (κ3) is 2.11. The summed E-state index contributed by atoms with van der Waals surface area (Å²) in [6, 6.07) is 12.1. The molecule has 0 saturated heterocycles. The first-order valence-corrected chi connectivity index (χ1v) is 7.23. The predicted octanol–water partition coefficient (Wildman–Crippen LogP) is 4.10. The van der Waals surface area contributed by atoms with Gasteiger partial charge in [0.1, 0.15) is 11.5 Å². The van der Waals surface area contributed by atoms with Crippen LogP contribution in [-0.4, -0.2) is 4.98 Å². The Bertz CT molecular complexity index is 827. The molecule has 0 bridgehead atoms. The Morgan fingerprint density at radius 1 is 0.952 bits per heavy atom. The lowest BCUT2D eigenvalue weighted by Gasteiger charge is -2.11. The van der Waals surface area contributed by atoms with Crippen molar-refractivity contribution in [3.05, 3.63) is 59.9 Å². The van der Waals surface area contributed by atoms with Crippen molar-refractivity contribution in [1.82, 2.24) is 4.98 Å². The first kappa shape index (κ1) is 12.2. The molecule has 3 aromatic rings. The van der Waals surface area contributed by atoms with E-state index < -0.39 is 0 Å². The van der Waals surface area contributed by atoms with E-state index in [1.165, 1.54) is 24.0 Å². The number of rotatable bonds is 2. The zero-order valence-corrected chi connectivity index (χ0v) is 11.7. The van der Waals surface area contributed by atoms with E-state index in [2.05, 4.69) is 17.1 Å². The molecule has 21 heavy (non-hydrogen) atoms. The average molecular weight is 276 g/mol. The summed E-state index contributed by atoms with van der Waals surface area (Å²) in [4.78, 5) is 4.18. The molecule has 0 fully saturated rings. The predicted molar refractivity (Wildman–Crippen MR) is 84.7 cm³/mol. The van der Waals surface area contributed by atoms with Crippen LogP contribution in [0.25, 0.3) is 10.8 Å². The minimum absolute atomic E-state index is 0.744. The highest BCUT2D eigenvalue weighted by Gasteiger charge is 2.12. The number of nitrogens with two attached hydrogens (primary N) is 1. The van der Waals surface area contributed by atoms with Gasteiger partial charge >= 0.3 is 0 Å². The van der Waals surface area contributed by atoms with E-state index in [1.54, 1.807) is 12.4 Å². The van der Waals surface area contributed by atoms with Crippen LogP contribution >= 0.6 is 0 Å². The minimum atomic E-state index is 0.744. The Hall–Kier alpha value is -2.55. The minimum Gasteiger partial charge on any atom is -0.457 e. The largest absolute Gasteiger partial charge is 0.457 e. The zero-order valence-electron chi connectivity index (χ0n) is 11.7. The molecule has 0 radical (unpaired) electrons. The van der Waals surface area contributed by atoms with Gasteiger partial charge in [-0.3, -0.25) is 4.98 Å². The third-order valence-corrected chi connectivity index (χ3v) is 4.11. The summed E-state index contributed by atoms with van der Waals surface area (Å²) in [7, 11) is 0. The van der Waals surface area contributed by atoms with Crippen LogP contribution in [-0.2, 0) is 12.8 Å². The van der Waals surface area contributed by atoms with Crippen molar-refractivity contribution in [3.8, 4) is 11.5 Å². The molecule has 0 unspecified atom stereocenters. The van der Waals surface area contributed by atoms with E-state index in [-0.39, 0.29) is 0 Å². The van der Waals surface area contributed by atoms with Gasteiger partial charge in [0.25, 0.3) is 0 Å². The highest BCUT2D eigenvalue weighted by atomic mass is 16.5. The molecule has 0 atom stereocenters. The van der Waals surface area contributed by atoms with Gasteiger partial charge in [0.2, 0.25) is 0 Å². The normalized spacial score (nSPS) is 13.3. The van der Waals surface area contributed by atoms with Gasteiger partial charge < -0.3 is 10.5 Å². The van der Waals surface area contributed by atoms with E-state index >= 15 is 0 Å². The Labute approximate surface area is 123 Å². The van der Waals surface area contributed by atoms with Crippen LogP contribution in [0.5, 0.6) is 11.5 Å². The number of ether oxygens (including phenoxy) is 1. The van der Waals surface area contributed by atoms with Crippen molar-refractivity contribution in [1.29, 1.82) is 0 Å². The van der Waals surface area contributed by atoms with Gasteiger partial charge in [-0.2, -0.15) is 0 Å². The molecule has 104 valence electrons. The summed E-state index contributed by atoms with van der Waals surface area (Å²) in [5.41, 5.74) is 9.61. The molecule has 2 N–H and O–H groups in total. The topological polar surface area (TPSA) is 48.1 Å². The number of aryl methyl sites for hydroxylation is 2. The Balaban J connectivity index is 1.76. The lowest BCUT2D eigenvalue weighted by Crippen LogP contribution is -1.92. The maximum absolute atomic E-state index is 6.08. The second kappa shape index (κ2) is 4.77.